The van der Waals surface area contributed by atoms with Gasteiger partial charge in [-0.2, -0.15) is 0 Å². The predicted octanol–water partition coefficient (Wildman–Crippen LogP) is 3.08. The molecule has 2 atom stereocenters. The first-order valence-corrected chi connectivity index (χ1v) is 7.46. The van der Waals surface area contributed by atoms with Gasteiger partial charge in [0.05, 0.1) is 0 Å². The monoisotopic (exact) mass is 275 g/mol. The number of pyridine rings is 1. The van der Waals surface area contributed by atoms with Gasteiger partial charge < -0.3 is 10.2 Å². The molecule has 0 spiro atoms. The number of hydrogen-bond acceptors (Lipinski definition) is 3. The topological polar surface area (TPSA) is 45.2 Å². The third-order valence-corrected chi connectivity index (χ3v) is 4.34. The molecule has 20 heavy (non-hydrogen) atoms. The van der Waals surface area contributed by atoms with Crippen LogP contribution in [0.3, 0.4) is 0 Å². The number of aryl methyl sites for hydroxylation is 1. The number of carbonyl (C=O) groups is 1. The van der Waals surface area contributed by atoms with Crippen molar-refractivity contribution >= 4 is 11.7 Å². The van der Waals surface area contributed by atoms with Gasteiger partial charge in [0.1, 0.15) is 5.82 Å². The number of amides is 1. The van der Waals surface area contributed by atoms with Crippen molar-refractivity contribution in [2.75, 3.05) is 19.4 Å². The average molecular weight is 275 g/mol. The Morgan fingerprint density at radius 1 is 1.35 bits per heavy atom. The van der Waals surface area contributed by atoms with Crippen LogP contribution in [0.5, 0.6) is 0 Å². The highest BCUT2D eigenvalue weighted by Crippen LogP contribution is 2.28. The first-order chi connectivity index (χ1) is 9.52. The summed E-state index contributed by atoms with van der Waals surface area (Å²) in [6.45, 7) is 4.17. The molecule has 1 aromatic rings. The van der Waals surface area contributed by atoms with E-state index < -0.39 is 0 Å². The fourth-order valence-electron chi connectivity index (χ4n) is 3.15. The van der Waals surface area contributed by atoms with E-state index >= 15 is 0 Å². The van der Waals surface area contributed by atoms with Gasteiger partial charge in [0.15, 0.2) is 0 Å². The fourth-order valence-corrected chi connectivity index (χ4v) is 3.15. The van der Waals surface area contributed by atoms with Crippen LogP contribution in [0.1, 0.15) is 48.7 Å². The van der Waals surface area contributed by atoms with Crippen LogP contribution in [0.4, 0.5) is 5.82 Å². The number of rotatable bonds is 3. The zero-order valence-electron chi connectivity index (χ0n) is 12.9. The summed E-state index contributed by atoms with van der Waals surface area (Å²) in [6.07, 6.45) is 4.85. The van der Waals surface area contributed by atoms with Gasteiger partial charge >= 0.3 is 0 Å². The summed E-state index contributed by atoms with van der Waals surface area (Å²) in [6, 6.07) is 4.06. The summed E-state index contributed by atoms with van der Waals surface area (Å²) in [5, 5.41) is 3.01. The molecule has 110 valence electrons. The van der Waals surface area contributed by atoms with Crippen molar-refractivity contribution < 1.29 is 4.79 Å². The SMILES string of the molecule is CNc1cc(C(=O)N(C)C2CCCCC2C)cc(C)n1. The molecule has 1 saturated carbocycles. The van der Waals surface area contributed by atoms with Gasteiger partial charge in [0.25, 0.3) is 5.91 Å². The molecule has 0 radical (unpaired) electrons. The average Bonchev–Trinajstić information content (AvgIpc) is 2.45. The maximum absolute atomic E-state index is 12.7. The smallest absolute Gasteiger partial charge is 0.254 e. The fraction of sp³-hybridized carbons (Fsp3) is 0.625. The van der Waals surface area contributed by atoms with Crippen LogP contribution < -0.4 is 5.32 Å². The molecule has 2 rings (SSSR count). The quantitative estimate of drug-likeness (QED) is 0.922. The van der Waals surface area contributed by atoms with Gasteiger partial charge in [0.2, 0.25) is 0 Å². The van der Waals surface area contributed by atoms with Gasteiger partial charge in [-0.1, -0.05) is 19.8 Å². The van der Waals surface area contributed by atoms with Crippen molar-refractivity contribution in [3.8, 4) is 0 Å². The number of nitrogens with one attached hydrogen (secondary N) is 1. The van der Waals surface area contributed by atoms with E-state index in [-0.39, 0.29) is 5.91 Å². The van der Waals surface area contributed by atoms with E-state index in [1.807, 2.05) is 38.1 Å². The maximum atomic E-state index is 12.7. The molecule has 4 nitrogen and oxygen atoms in total. The highest BCUT2D eigenvalue weighted by Gasteiger charge is 2.28. The maximum Gasteiger partial charge on any atom is 0.254 e. The van der Waals surface area contributed by atoms with E-state index in [0.717, 1.165) is 23.5 Å². The number of nitrogens with zero attached hydrogens (tertiary/aromatic N) is 2. The zero-order valence-corrected chi connectivity index (χ0v) is 12.9. The summed E-state index contributed by atoms with van der Waals surface area (Å²) in [4.78, 5) is 18.9. The summed E-state index contributed by atoms with van der Waals surface area (Å²) in [5.41, 5.74) is 1.59. The van der Waals surface area contributed by atoms with Crippen LogP contribution in [0.2, 0.25) is 0 Å². The molecule has 1 N–H and O–H groups in total. The largest absolute Gasteiger partial charge is 0.373 e. The Bertz CT molecular complexity index is 487. The first-order valence-electron chi connectivity index (χ1n) is 7.46. The molecule has 2 unspecified atom stereocenters. The van der Waals surface area contributed by atoms with Crippen LogP contribution in [0.25, 0.3) is 0 Å². The Hall–Kier alpha value is -1.58. The summed E-state index contributed by atoms with van der Waals surface area (Å²) in [5.74, 6) is 1.44. The summed E-state index contributed by atoms with van der Waals surface area (Å²) >= 11 is 0. The molecular weight excluding hydrogens is 250 g/mol. The molecule has 1 aliphatic carbocycles. The Morgan fingerprint density at radius 3 is 2.70 bits per heavy atom. The molecule has 0 bridgehead atoms. The predicted molar refractivity (Wildman–Crippen MR) is 82.0 cm³/mol. The normalized spacial score (nSPS) is 22.4. The van der Waals surface area contributed by atoms with Gasteiger partial charge in [-0.25, -0.2) is 4.98 Å². The molecule has 0 aromatic carbocycles. The lowest BCUT2D eigenvalue weighted by Crippen LogP contribution is -2.42. The first kappa shape index (κ1) is 14.8. The summed E-state index contributed by atoms with van der Waals surface area (Å²) < 4.78 is 0. The molecule has 1 aliphatic rings. The van der Waals surface area contributed by atoms with Crippen molar-refractivity contribution in [3.05, 3.63) is 23.4 Å². The molecule has 1 heterocycles. The zero-order chi connectivity index (χ0) is 14.7. The Labute approximate surface area is 121 Å². The van der Waals surface area contributed by atoms with E-state index in [1.165, 1.54) is 19.3 Å². The lowest BCUT2D eigenvalue weighted by atomic mass is 9.85. The Balaban J connectivity index is 2.19. The number of carbonyl (C=O) groups excluding carboxylic acids is 1. The molecule has 1 aromatic heterocycles. The van der Waals surface area contributed by atoms with Crippen molar-refractivity contribution in [1.29, 1.82) is 0 Å². The van der Waals surface area contributed by atoms with Gasteiger partial charge in [-0.15, -0.1) is 0 Å². The second-order valence-corrected chi connectivity index (χ2v) is 5.88. The minimum atomic E-state index is 0.103. The molecule has 0 saturated heterocycles. The van der Waals surface area contributed by atoms with Crippen LogP contribution in [-0.4, -0.2) is 35.9 Å². The Kier molecular flexibility index (Phi) is 4.63. The molecular formula is C16H25N3O. The van der Waals surface area contributed by atoms with E-state index in [2.05, 4.69) is 17.2 Å². The second kappa shape index (κ2) is 6.25. The lowest BCUT2D eigenvalue weighted by Gasteiger charge is -2.36. The third kappa shape index (κ3) is 3.11. The van der Waals surface area contributed by atoms with E-state index in [4.69, 9.17) is 0 Å². The number of anilines is 1. The van der Waals surface area contributed by atoms with Crippen LogP contribution in [0, 0.1) is 12.8 Å². The van der Waals surface area contributed by atoms with Crippen molar-refractivity contribution in [1.82, 2.24) is 9.88 Å². The van der Waals surface area contributed by atoms with Crippen LogP contribution >= 0.6 is 0 Å². The number of hydrogen-bond donors (Lipinski definition) is 1. The van der Waals surface area contributed by atoms with E-state index in [0.29, 0.717) is 12.0 Å². The second-order valence-electron chi connectivity index (χ2n) is 5.88. The number of aromatic nitrogens is 1. The molecule has 0 aliphatic heterocycles. The van der Waals surface area contributed by atoms with E-state index in [1.54, 1.807) is 0 Å². The van der Waals surface area contributed by atoms with Gasteiger partial charge in [-0.05, 0) is 37.8 Å². The minimum absolute atomic E-state index is 0.103. The Morgan fingerprint density at radius 2 is 2.05 bits per heavy atom. The van der Waals surface area contributed by atoms with E-state index in [9.17, 15) is 4.79 Å². The standard InChI is InChI=1S/C16H25N3O/c1-11-7-5-6-8-14(11)19(4)16(20)13-9-12(2)18-15(10-13)17-3/h9-11,14H,5-8H2,1-4H3,(H,17,18). The highest BCUT2D eigenvalue weighted by atomic mass is 16.2. The lowest BCUT2D eigenvalue weighted by molar-refractivity contribution is 0.0629. The molecule has 1 amide bonds. The van der Waals surface area contributed by atoms with Crippen LogP contribution in [-0.2, 0) is 0 Å². The molecule has 1 fully saturated rings. The van der Waals surface area contributed by atoms with Gasteiger partial charge in [0, 0.05) is 31.4 Å². The van der Waals surface area contributed by atoms with Crippen molar-refractivity contribution in [2.24, 2.45) is 5.92 Å². The van der Waals surface area contributed by atoms with Crippen LogP contribution in [0.15, 0.2) is 12.1 Å². The third-order valence-electron chi connectivity index (χ3n) is 4.34. The van der Waals surface area contributed by atoms with Gasteiger partial charge in [-0.3, -0.25) is 4.79 Å². The highest BCUT2D eigenvalue weighted by molar-refractivity contribution is 5.95. The van der Waals surface area contributed by atoms with Crippen molar-refractivity contribution in [2.45, 2.75) is 45.6 Å². The molecule has 4 heteroatoms. The summed E-state index contributed by atoms with van der Waals surface area (Å²) in [7, 11) is 3.76. The van der Waals surface area contributed by atoms with Crippen molar-refractivity contribution in [3.63, 3.8) is 0 Å². The minimum Gasteiger partial charge on any atom is -0.373 e.